The van der Waals surface area contributed by atoms with Crippen molar-refractivity contribution in [2.24, 2.45) is 0 Å². The third kappa shape index (κ3) is 4.63. The van der Waals surface area contributed by atoms with Crippen LogP contribution in [0.15, 0.2) is 77.7 Å². The average Bonchev–Trinajstić information content (AvgIpc) is 3.13. The van der Waals surface area contributed by atoms with Crippen LogP contribution in [-0.2, 0) is 23.0 Å². The van der Waals surface area contributed by atoms with Gasteiger partial charge in [0.25, 0.3) is 0 Å². The summed E-state index contributed by atoms with van der Waals surface area (Å²) in [6.07, 6.45) is 0.316. The van der Waals surface area contributed by atoms with Gasteiger partial charge in [-0.15, -0.1) is 0 Å². The van der Waals surface area contributed by atoms with Crippen molar-refractivity contribution in [1.29, 1.82) is 0 Å². The molecule has 31 heavy (non-hydrogen) atoms. The first-order valence-electron chi connectivity index (χ1n) is 9.85. The van der Waals surface area contributed by atoms with Crippen molar-refractivity contribution in [2.45, 2.75) is 30.8 Å². The number of imidazole rings is 1. The second-order valence-corrected chi connectivity index (χ2v) is 9.31. The highest BCUT2D eigenvalue weighted by Gasteiger charge is 2.26. The standard InChI is InChI=1S/C23H21ClFN3O2S/c1-2-28-22-6-4-3-5-20(22)26-23(28)21(15-16-7-11-18(25)12-8-16)27-31(29,30)19-13-9-17(24)10-14-19/h3-14,21,27H,2,15H2,1H3. The molecule has 0 aliphatic heterocycles. The molecule has 4 rings (SSSR count). The fourth-order valence-corrected chi connectivity index (χ4v) is 4.92. The Labute approximate surface area is 185 Å². The molecule has 0 amide bonds. The molecule has 3 aromatic carbocycles. The minimum Gasteiger partial charge on any atom is -0.327 e. The summed E-state index contributed by atoms with van der Waals surface area (Å²) in [6, 6.07) is 19.0. The van der Waals surface area contributed by atoms with Gasteiger partial charge in [0.1, 0.15) is 11.6 Å². The minimum absolute atomic E-state index is 0.111. The molecule has 5 nitrogen and oxygen atoms in total. The number of benzene rings is 3. The third-order valence-electron chi connectivity index (χ3n) is 5.09. The number of para-hydroxylation sites is 2. The van der Waals surface area contributed by atoms with E-state index in [-0.39, 0.29) is 10.7 Å². The molecule has 4 aromatic rings. The zero-order valence-corrected chi connectivity index (χ0v) is 18.4. The molecule has 1 N–H and O–H groups in total. The Morgan fingerprint density at radius 1 is 1.03 bits per heavy atom. The van der Waals surface area contributed by atoms with Gasteiger partial charge in [-0.3, -0.25) is 0 Å². The van der Waals surface area contributed by atoms with Crippen LogP contribution in [0.1, 0.15) is 24.4 Å². The van der Waals surface area contributed by atoms with E-state index < -0.39 is 16.1 Å². The van der Waals surface area contributed by atoms with Gasteiger partial charge in [-0.05, 0) is 67.4 Å². The highest BCUT2D eigenvalue weighted by molar-refractivity contribution is 7.89. The molecule has 160 valence electrons. The van der Waals surface area contributed by atoms with E-state index in [1.165, 1.54) is 36.4 Å². The molecule has 0 spiro atoms. The summed E-state index contributed by atoms with van der Waals surface area (Å²) in [5.74, 6) is 0.258. The molecule has 8 heteroatoms. The minimum atomic E-state index is -3.85. The Balaban J connectivity index is 1.78. The fraction of sp³-hybridized carbons (Fsp3) is 0.174. The van der Waals surface area contributed by atoms with Crippen LogP contribution >= 0.6 is 11.6 Å². The number of nitrogens with one attached hydrogen (secondary N) is 1. The summed E-state index contributed by atoms with van der Waals surface area (Å²) in [4.78, 5) is 4.84. The Kier molecular flexibility index (Phi) is 6.09. The van der Waals surface area contributed by atoms with Crippen molar-refractivity contribution in [3.05, 3.63) is 95.0 Å². The van der Waals surface area contributed by atoms with E-state index in [9.17, 15) is 12.8 Å². The van der Waals surface area contributed by atoms with Crippen LogP contribution in [0.5, 0.6) is 0 Å². The average molecular weight is 458 g/mol. The third-order valence-corrected chi connectivity index (χ3v) is 6.83. The van der Waals surface area contributed by atoms with E-state index in [2.05, 4.69) is 4.72 Å². The van der Waals surface area contributed by atoms with E-state index in [1.807, 2.05) is 35.8 Å². The molecule has 1 aromatic heterocycles. The van der Waals surface area contributed by atoms with Gasteiger partial charge >= 0.3 is 0 Å². The molecule has 0 aliphatic carbocycles. The van der Waals surface area contributed by atoms with Gasteiger partial charge < -0.3 is 4.57 Å². The fourth-order valence-electron chi connectivity index (χ4n) is 3.60. The van der Waals surface area contributed by atoms with Crippen LogP contribution in [0, 0.1) is 5.82 Å². The van der Waals surface area contributed by atoms with Gasteiger partial charge in [-0.1, -0.05) is 35.9 Å². The zero-order valence-electron chi connectivity index (χ0n) is 16.8. The monoisotopic (exact) mass is 457 g/mol. The molecule has 1 heterocycles. The van der Waals surface area contributed by atoms with Crippen molar-refractivity contribution >= 4 is 32.7 Å². The van der Waals surface area contributed by atoms with Crippen molar-refractivity contribution in [3.63, 3.8) is 0 Å². The van der Waals surface area contributed by atoms with Gasteiger partial charge in [-0.25, -0.2) is 22.5 Å². The number of rotatable bonds is 7. The highest BCUT2D eigenvalue weighted by Crippen LogP contribution is 2.26. The topological polar surface area (TPSA) is 64.0 Å². The zero-order chi connectivity index (χ0) is 22.0. The largest absolute Gasteiger partial charge is 0.327 e. The first-order chi connectivity index (χ1) is 14.9. The number of halogens is 2. The van der Waals surface area contributed by atoms with Crippen molar-refractivity contribution in [3.8, 4) is 0 Å². The van der Waals surface area contributed by atoms with E-state index in [4.69, 9.17) is 16.6 Å². The SMILES string of the molecule is CCn1c(C(Cc2ccc(F)cc2)NS(=O)(=O)c2ccc(Cl)cc2)nc2ccccc21. The number of aryl methyl sites for hydroxylation is 1. The van der Waals surface area contributed by atoms with Gasteiger partial charge in [0.2, 0.25) is 10.0 Å². The first-order valence-corrected chi connectivity index (χ1v) is 11.7. The molecule has 0 fully saturated rings. The predicted octanol–water partition coefficient (Wildman–Crippen LogP) is 5.11. The maximum absolute atomic E-state index is 13.4. The molecular formula is C23H21ClFN3O2S. The summed E-state index contributed by atoms with van der Waals surface area (Å²) in [7, 11) is -3.85. The van der Waals surface area contributed by atoms with Crippen molar-refractivity contribution in [2.75, 3.05) is 0 Å². The Morgan fingerprint density at radius 3 is 2.39 bits per heavy atom. The van der Waals surface area contributed by atoms with Gasteiger partial charge in [-0.2, -0.15) is 0 Å². The van der Waals surface area contributed by atoms with Crippen LogP contribution in [0.4, 0.5) is 4.39 Å². The molecule has 0 radical (unpaired) electrons. The Morgan fingerprint density at radius 2 is 1.71 bits per heavy atom. The molecule has 0 aliphatic rings. The number of hydrogen-bond donors (Lipinski definition) is 1. The summed E-state index contributed by atoms with van der Waals surface area (Å²) in [5, 5.41) is 0.453. The van der Waals surface area contributed by atoms with E-state index in [1.54, 1.807) is 12.1 Å². The first kappa shape index (κ1) is 21.5. The summed E-state index contributed by atoms with van der Waals surface area (Å²) < 4.78 is 44.5. The van der Waals surface area contributed by atoms with Gasteiger partial charge in [0.05, 0.1) is 22.0 Å². The lowest BCUT2D eigenvalue weighted by Crippen LogP contribution is -2.32. The van der Waals surface area contributed by atoms with Crippen LogP contribution < -0.4 is 4.72 Å². The molecular weight excluding hydrogens is 437 g/mol. The molecule has 1 atom stereocenters. The predicted molar refractivity (Wildman–Crippen MR) is 120 cm³/mol. The smallest absolute Gasteiger partial charge is 0.241 e. The van der Waals surface area contributed by atoms with Crippen LogP contribution in [0.2, 0.25) is 5.02 Å². The van der Waals surface area contributed by atoms with Gasteiger partial charge in [0, 0.05) is 11.6 Å². The molecule has 0 saturated carbocycles. The summed E-state index contributed by atoms with van der Waals surface area (Å²) in [5.41, 5.74) is 2.50. The maximum Gasteiger partial charge on any atom is 0.241 e. The maximum atomic E-state index is 13.4. The molecule has 0 saturated heterocycles. The highest BCUT2D eigenvalue weighted by atomic mass is 35.5. The number of aromatic nitrogens is 2. The number of hydrogen-bond acceptors (Lipinski definition) is 3. The van der Waals surface area contributed by atoms with E-state index in [0.717, 1.165) is 16.6 Å². The number of nitrogens with zero attached hydrogens (tertiary/aromatic N) is 2. The number of fused-ring (bicyclic) bond motifs is 1. The van der Waals surface area contributed by atoms with Crippen LogP contribution in [-0.4, -0.2) is 18.0 Å². The summed E-state index contributed by atoms with van der Waals surface area (Å²) in [6.45, 7) is 2.61. The van der Waals surface area contributed by atoms with Crippen molar-refractivity contribution in [1.82, 2.24) is 14.3 Å². The number of sulfonamides is 1. The van der Waals surface area contributed by atoms with E-state index in [0.29, 0.717) is 23.8 Å². The quantitative estimate of drug-likeness (QED) is 0.419. The Bertz CT molecular complexity index is 1300. The second kappa shape index (κ2) is 8.78. The second-order valence-electron chi connectivity index (χ2n) is 7.16. The van der Waals surface area contributed by atoms with Crippen LogP contribution in [0.3, 0.4) is 0 Å². The van der Waals surface area contributed by atoms with E-state index >= 15 is 0 Å². The lowest BCUT2D eigenvalue weighted by atomic mass is 10.1. The van der Waals surface area contributed by atoms with Gasteiger partial charge in [0.15, 0.2) is 0 Å². The molecule has 0 bridgehead atoms. The lowest BCUT2D eigenvalue weighted by Gasteiger charge is -2.20. The summed E-state index contributed by atoms with van der Waals surface area (Å²) >= 11 is 5.91. The Hall–Kier alpha value is -2.74. The normalized spacial score (nSPS) is 12.9. The molecule has 1 unspecified atom stereocenters. The van der Waals surface area contributed by atoms with Crippen molar-refractivity contribution < 1.29 is 12.8 Å². The van der Waals surface area contributed by atoms with Crippen LogP contribution in [0.25, 0.3) is 11.0 Å². The lowest BCUT2D eigenvalue weighted by molar-refractivity contribution is 0.528.